The minimum atomic E-state index is -0.680. The average molecular weight is 321 g/mol. The van der Waals surface area contributed by atoms with E-state index in [9.17, 15) is 9.59 Å². The molecule has 0 saturated carbocycles. The van der Waals surface area contributed by atoms with Crippen LogP contribution in [0.1, 0.15) is 26.4 Å². The lowest BCUT2D eigenvalue weighted by Crippen LogP contribution is -2.31. The SMILES string of the molecule is Nc1c(C(=O)NC(=O)c2ccccc2)nnn1Cc1ccccc1. The molecule has 0 atom stereocenters. The van der Waals surface area contributed by atoms with Crippen molar-refractivity contribution in [3.05, 3.63) is 77.5 Å². The highest BCUT2D eigenvalue weighted by atomic mass is 16.2. The Balaban J connectivity index is 1.73. The Morgan fingerprint density at radius 3 is 2.25 bits per heavy atom. The molecule has 24 heavy (non-hydrogen) atoms. The van der Waals surface area contributed by atoms with Gasteiger partial charge in [0.15, 0.2) is 11.5 Å². The van der Waals surface area contributed by atoms with E-state index in [0.29, 0.717) is 12.1 Å². The van der Waals surface area contributed by atoms with E-state index in [1.54, 1.807) is 30.3 Å². The number of nitrogen functional groups attached to an aromatic ring is 1. The lowest BCUT2D eigenvalue weighted by molar-refractivity contribution is 0.0847. The molecule has 0 aliphatic heterocycles. The van der Waals surface area contributed by atoms with Gasteiger partial charge in [-0.2, -0.15) is 0 Å². The number of carbonyl (C=O) groups excluding carboxylic acids is 2. The number of nitrogens with one attached hydrogen (secondary N) is 1. The van der Waals surface area contributed by atoms with Gasteiger partial charge in [0, 0.05) is 5.56 Å². The lowest BCUT2D eigenvalue weighted by Gasteiger charge is -2.04. The van der Waals surface area contributed by atoms with Crippen molar-refractivity contribution in [2.45, 2.75) is 6.54 Å². The number of carbonyl (C=O) groups is 2. The summed E-state index contributed by atoms with van der Waals surface area (Å²) in [6.07, 6.45) is 0. The fraction of sp³-hybridized carbons (Fsp3) is 0.0588. The van der Waals surface area contributed by atoms with E-state index in [1.165, 1.54) is 4.68 Å². The molecule has 2 aromatic carbocycles. The highest BCUT2D eigenvalue weighted by molar-refractivity contribution is 6.11. The van der Waals surface area contributed by atoms with Gasteiger partial charge in [0.1, 0.15) is 0 Å². The van der Waals surface area contributed by atoms with Crippen LogP contribution in [0.3, 0.4) is 0 Å². The molecule has 0 fully saturated rings. The van der Waals surface area contributed by atoms with Crippen molar-refractivity contribution >= 4 is 17.6 Å². The molecule has 7 nitrogen and oxygen atoms in total. The van der Waals surface area contributed by atoms with Gasteiger partial charge in [-0.05, 0) is 17.7 Å². The topological polar surface area (TPSA) is 103 Å². The van der Waals surface area contributed by atoms with Crippen LogP contribution in [0, 0.1) is 0 Å². The number of aromatic nitrogens is 3. The molecule has 0 spiro atoms. The van der Waals surface area contributed by atoms with E-state index in [2.05, 4.69) is 15.6 Å². The quantitative estimate of drug-likeness (QED) is 0.709. The van der Waals surface area contributed by atoms with Gasteiger partial charge in [-0.15, -0.1) is 5.10 Å². The molecule has 120 valence electrons. The highest BCUT2D eigenvalue weighted by Gasteiger charge is 2.20. The van der Waals surface area contributed by atoms with E-state index < -0.39 is 11.8 Å². The van der Waals surface area contributed by atoms with Gasteiger partial charge < -0.3 is 5.73 Å². The maximum absolute atomic E-state index is 12.2. The summed E-state index contributed by atoms with van der Waals surface area (Å²) in [5.41, 5.74) is 7.21. The van der Waals surface area contributed by atoms with E-state index >= 15 is 0 Å². The molecular weight excluding hydrogens is 306 g/mol. The van der Waals surface area contributed by atoms with Crippen molar-refractivity contribution < 1.29 is 9.59 Å². The van der Waals surface area contributed by atoms with Gasteiger partial charge in [-0.3, -0.25) is 14.9 Å². The summed E-state index contributed by atoms with van der Waals surface area (Å²) in [6, 6.07) is 18.0. The molecule has 7 heteroatoms. The highest BCUT2D eigenvalue weighted by Crippen LogP contribution is 2.11. The van der Waals surface area contributed by atoms with Crippen LogP contribution >= 0.6 is 0 Å². The summed E-state index contributed by atoms with van der Waals surface area (Å²) in [6.45, 7) is 0.388. The third kappa shape index (κ3) is 3.30. The molecule has 0 aliphatic rings. The number of imide groups is 1. The van der Waals surface area contributed by atoms with Crippen molar-refractivity contribution in [1.29, 1.82) is 0 Å². The molecule has 1 aromatic heterocycles. The number of rotatable bonds is 4. The van der Waals surface area contributed by atoms with E-state index in [-0.39, 0.29) is 11.5 Å². The molecule has 0 aliphatic carbocycles. The van der Waals surface area contributed by atoms with Crippen molar-refractivity contribution in [3.63, 3.8) is 0 Å². The van der Waals surface area contributed by atoms with Gasteiger partial charge in [-0.25, -0.2) is 4.68 Å². The van der Waals surface area contributed by atoms with Gasteiger partial charge in [0.05, 0.1) is 6.54 Å². The van der Waals surface area contributed by atoms with Crippen molar-refractivity contribution in [2.75, 3.05) is 5.73 Å². The molecule has 3 N–H and O–H groups in total. The molecule has 0 radical (unpaired) electrons. The maximum atomic E-state index is 12.2. The third-order valence-corrected chi connectivity index (χ3v) is 3.43. The number of hydrogen-bond acceptors (Lipinski definition) is 5. The van der Waals surface area contributed by atoms with Crippen LogP contribution < -0.4 is 11.1 Å². The molecule has 0 bridgehead atoms. The summed E-state index contributed by atoms with van der Waals surface area (Å²) in [7, 11) is 0. The Bertz CT molecular complexity index is 859. The second-order valence-electron chi connectivity index (χ2n) is 5.12. The van der Waals surface area contributed by atoms with Crippen LogP contribution in [0.5, 0.6) is 0 Å². The first kappa shape index (κ1) is 15.4. The minimum Gasteiger partial charge on any atom is -0.382 e. The average Bonchev–Trinajstić information content (AvgIpc) is 2.97. The molecule has 0 saturated heterocycles. The zero-order valence-corrected chi connectivity index (χ0v) is 12.7. The zero-order chi connectivity index (χ0) is 16.9. The van der Waals surface area contributed by atoms with Crippen LogP contribution in [0.15, 0.2) is 60.7 Å². The number of anilines is 1. The largest absolute Gasteiger partial charge is 0.382 e. The van der Waals surface area contributed by atoms with Crippen molar-refractivity contribution in [2.24, 2.45) is 0 Å². The first-order chi connectivity index (χ1) is 11.6. The van der Waals surface area contributed by atoms with Gasteiger partial charge in [0.2, 0.25) is 0 Å². The summed E-state index contributed by atoms with van der Waals surface area (Å²) in [5, 5.41) is 9.92. The molecule has 3 aromatic rings. The predicted octanol–water partition coefficient (Wildman–Crippen LogP) is 1.48. The van der Waals surface area contributed by atoms with Crippen LogP contribution in [0.25, 0.3) is 0 Å². The first-order valence-electron chi connectivity index (χ1n) is 7.29. The van der Waals surface area contributed by atoms with Gasteiger partial charge in [-0.1, -0.05) is 53.7 Å². The van der Waals surface area contributed by atoms with Gasteiger partial charge in [0.25, 0.3) is 11.8 Å². The zero-order valence-electron chi connectivity index (χ0n) is 12.7. The van der Waals surface area contributed by atoms with E-state index in [0.717, 1.165) is 5.56 Å². The summed E-state index contributed by atoms with van der Waals surface area (Å²) in [5.74, 6) is -1.09. The molecular formula is C17H15N5O2. The lowest BCUT2D eigenvalue weighted by atomic mass is 10.2. The third-order valence-electron chi connectivity index (χ3n) is 3.43. The molecule has 1 heterocycles. The Labute approximate surface area is 138 Å². The second kappa shape index (κ2) is 6.74. The normalized spacial score (nSPS) is 10.3. The smallest absolute Gasteiger partial charge is 0.282 e. The summed E-state index contributed by atoms with van der Waals surface area (Å²) in [4.78, 5) is 24.2. The van der Waals surface area contributed by atoms with Crippen LogP contribution in [-0.4, -0.2) is 26.8 Å². The minimum absolute atomic E-state index is 0.0739. The second-order valence-corrected chi connectivity index (χ2v) is 5.12. The standard InChI is InChI=1S/C17H15N5O2/c18-15-14(17(24)19-16(23)13-9-5-2-6-10-13)20-21-22(15)11-12-7-3-1-4-8-12/h1-10H,11,18H2,(H,19,23,24). The van der Waals surface area contributed by atoms with E-state index in [1.807, 2.05) is 30.3 Å². The summed E-state index contributed by atoms with van der Waals surface area (Å²) < 4.78 is 1.41. The molecule has 2 amide bonds. The van der Waals surface area contributed by atoms with Crippen LogP contribution in [0.2, 0.25) is 0 Å². The maximum Gasteiger partial charge on any atom is 0.282 e. The Hall–Kier alpha value is -3.48. The molecule has 3 rings (SSSR count). The molecule has 0 unspecified atom stereocenters. The van der Waals surface area contributed by atoms with Crippen molar-refractivity contribution in [3.8, 4) is 0 Å². The number of amides is 2. The Morgan fingerprint density at radius 2 is 1.58 bits per heavy atom. The van der Waals surface area contributed by atoms with Crippen LogP contribution in [-0.2, 0) is 6.54 Å². The van der Waals surface area contributed by atoms with Crippen molar-refractivity contribution in [1.82, 2.24) is 20.3 Å². The van der Waals surface area contributed by atoms with Gasteiger partial charge >= 0.3 is 0 Å². The first-order valence-corrected chi connectivity index (χ1v) is 7.29. The monoisotopic (exact) mass is 321 g/mol. The number of nitrogens with zero attached hydrogens (tertiary/aromatic N) is 3. The number of nitrogens with two attached hydrogens (primary N) is 1. The Morgan fingerprint density at radius 1 is 0.958 bits per heavy atom. The predicted molar refractivity (Wildman–Crippen MR) is 88.2 cm³/mol. The fourth-order valence-corrected chi connectivity index (χ4v) is 2.18. The number of benzene rings is 2. The number of hydrogen-bond donors (Lipinski definition) is 2. The van der Waals surface area contributed by atoms with Crippen LogP contribution in [0.4, 0.5) is 5.82 Å². The summed E-state index contributed by atoms with van der Waals surface area (Å²) >= 11 is 0. The van der Waals surface area contributed by atoms with E-state index in [4.69, 9.17) is 5.73 Å². The Kier molecular flexibility index (Phi) is 4.33. The fourth-order valence-electron chi connectivity index (χ4n) is 2.18.